The molecule has 0 aromatic rings. The molecule has 0 aromatic heterocycles. The van der Waals surface area contributed by atoms with Gasteiger partial charge in [-0.1, -0.05) is 6.08 Å². The van der Waals surface area contributed by atoms with Gasteiger partial charge in [0.1, 0.15) is 6.10 Å². The molecule has 0 aromatic carbocycles. The van der Waals surface area contributed by atoms with Crippen molar-refractivity contribution < 1.29 is 19.4 Å². The highest BCUT2D eigenvalue weighted by atomic mass is 16.6. The molecule has 0 radical (unpaired) electrons. The molecule has 3 aliphatic rings. The van der Waals surface area contributed by atoms with Crippen molar-refractivity contribution in [2.24, 2.45) is 0 Å². The standard InChI is InChI=1S/C10H12O4/c11-9-10(12)4-7-6(2-1-3-13-7)8(5-10)14-9/h2,7-8,12H,1,3-5H2/t7-,8-,10+/m1/s1. The van der Waals surface area contributed by atoms with Crippen molar-refractivity contribution in [3.63, 3.8) is 0 Å². The van der Waals surface area contributed by atoms with Gasteiger partial charge < -0.3 is 14.6 Å². The molecule has 2 bridgehead atoms. The Morgan fingerprint density at radius 3 is 3.07 bits per heavy atom. The fourth-order valence-corrected chi connectivity index (χ4v) is 2.51. The number of ether oxygens (including phenoxy) is 2. The molecule has 4 heteroatoms. The summed E-state index contributed by atoms with van der Waals surface area (Å²) in [6.45, 7) is 0.672. The van der Waals surface area contributed by atoms with Crippen molar-refractivity contribution >= 4 is 5.97 Å². The van der Waals surface area contributed by atoms with E-state index < -0.39 is 11.6 Å². The van der Waals surface area contributed by atoms with Crippen LogP contribution in [0.3, 0.4) is 0 Å². The quantitative estimate of drug-likeness (QED) is 0.442. The molecule has 4 nitrogen and oxygen atoms in total. The van der Waals surface area contributed by atoms with Crippen molar-refractivity contribution in [2.45, 2.75) is 37.1 Å². The maximum Gasteiger partial charge on any atom is 0.338 e. The Bertz CT molecular complexity index is 322. The van der Waals surface area contributed by atoms with Crippen LogP contribution < -0.4 is 0 Å². The zero-order chi connectivity index (χ0) is 9.76. The van der Waals surface area contributed by atoms with Crippen molar-refractivity contribution in [1.82, 2.24) is 0 Å². The van der Waals surface area contributed by atoms with Gasteiger partial charge in [-0.25, -0.2) is 4.79 Å². The minimum atomic E-state index is -1.29. The first-order valence-electron chi connectivity index (χ1n) is 4.94. The fourth-order valence-electron chi connectivity index (χ4n) is 2.51. The molecule has 1 aliphatic carbocycles. The Morgan fingerprint density at radius 1 is 1.43 bits per heavy atom. The highest BCUT2D eigenvalue weighted by molar-refractivity contribution is 5.83. The van der Waals surface area contributed by atoms with Gasteiger partial charge in [-0.3, -0.25) is 0 Å². The largest absolute Gasteiger partial charge is 0.455 e. The normalized spacial score (nSPS) is 45.5. The van der Waals surface area contributed by atoms with Gasteiger partial charge in [-0.05, 0) is 12.0 Å². The van der Waals surface area contributed by atoms with Crippen LogP contribution in [0.1, 0.15) is 19.3 Å². The Hall–Kier alpha value is -0.870. The zero-order valence-corrected chi connectivity index (χ0v) is 7.73. The smallest absolute Gasteiger partial charge is 0.338 e. The topological polar surface area (TPSA) is 55.8 Å². The van der Waals surface area contributed by atoms with E-state index in [0.29, 0.717) is 19.4 Å². The van der Waals surface area contributed by atoms with E-state index in [9.17, 15) is 9.90 Å². The van der Waals surface area contributed by atoms with E-state index in [2.05, 4.69) is 6.08 Å². The highest BCUT2D eigenvalue weighted by Crippen LogP contribution is 2.43. The summed E-state index contributed by atoms with van der Waals surface area (Å²) in [6.07, 6.45) is 3.35. The van der Waals surface area contributed by atoms with Gasteiger partial charge in [0.25, 0.3) is 0 Å². The molecular weight excluding hydrogens is 184 g/mol. The Balaban J connectivity index is 1.99. The number of hydrogen-bond acceptors (Lipinski definition) is 4. The lowest BCUT2D eigenvalue weighted by Gasteiger charge is -2.34. The van der Waals surface area contributed by atoms with Gasteiger partial charge in [-0.2, -0.15) is 0 Å². The van der Waals surface area contributed by atoms with Gasteiger partial charge in [0, 0.05) is 12.8 Å². The number of rotatable bonds is 0. The van der Waals surface area contributed by atoms with Crippen LogP contribution in [0.15, 0.2) is 11.6 Å². The number of carbonyl (C=O) groups excluding carboxylic acids is 1. The molecule has 0 spiro atoms. The SMILES string of the molecule is O=C1O[C@@H]2C[C@@]1(O)C[C@H]1OCCC=C12. The molecule has 2 heterocycles. The first-order chi connectivity index (χ1) is 6.69. The van der Waals surface area contributed by atoms with Crippen LogP contribution in [-0.2, 0) is 14.3 Å². The van der Waals surface area contributed by atoms with Crippen LogP contribution in [-0.4, -0.2) is 35.5 Å². The molecule has 3 rings (SSSR count). The molecule has 2 aliphatic heterocycles. The average Bonchev–Trinajstić information content (AvgIpc) is 2.39. The van der Waals surface area contributed by atoms with Crippen LogP contribution in [0.25, 0.3) is 0 Å². The van der Waals surface area contributed by atoms with E-state index >= 15 is 0 Å². The molecular formula is C10H12O4. The molecule has 0 unspecified atom stereocenters. The lowest BCUT2D eigenvalue weighted by atomic mass is 9.80. The number of fused-ring (bicyclic) bond motifs is 4. The van der Waals surface area contributed by atoms with Crippen molar-refractivity contribution in [1.29, 1.82) is 0 Å². The number of carbonyl (C=O) groups is 1. The van der Waals surface area contributed by atoms with Crippen LogP contribution >= 0.6 is 0 Å². The molecule has 14 heavy (non-hydrogen) atoms. The number of esters is 1. The highest BCUT2D eigenvalue weighted by Gasteiger charge is 2.56. The van der Waals surface area contributed by atoms with Crippen LogP contribution in [0.4, 0.5) is 0 Å². The maximum atomic E-state index is 11.4. The van der Waals surface area contributed by atoms with E-state index in [1.807, 2.05) is 0 Å². The van der Waals surface area contributed by atoms with Gasteiger partial charge in [-0.15, -0.1) is 0 Å². The third-order valence-corrected chi connectivity index (χ3v) is 3.24. The lowest BCUT2D eigenvalue weighted by molar-refractivity contribution is -0.154. The van der Waals surface area contributed by atoms with E-state index in [0.717, 1.165) is 12.0 Å². The molecule has 1 N–H and O–H groups in total. The van der Waals surface area contributed by atoms with E-state index in [1.165, 1.54) is 0 Å². The summed E-state index contributed by atoms with van der Waals surface area (Å²) < 4.78 is 10.6. The Kier molecular flexibility index (Phi) is 1.56. The summed E-state index contributed by atoms with van der Waals surface area (Å²) in [4.78, 5) is 11.4. The van der Waals surface area contributed by atoms with Crippen LogP contribution in [0.2, 0.25) is 0 Å². The Morgan fingerprint density at radius 2 is 2.21 bits per heavy atom. The van der Waals surface area contributed by atoms with Gasteiger partial charge >= 0.3 is 5.97 Å². The summed E-state index contributed by atoms with van der Waals surface area (Å²) in [5.41, 5.74) is -0.240. The van der Waals surface area contributed by atoms with Gasteiger partial charge in [0.2, 0.25) is 0 Å². The third kappa shape index (κ3) is 0.980. The minimum Gasteiger partial charge on any atom is -0.455 e. The summed E-state index contributed by atoms with van der Waals surface area (Å²) in [6, 6.07) is 0. The van der Waals surface area contributed by atoms with E-state index in [1.54, 1.807) is 0 Å². The summed E-state index contributed by atoms with van der Waals surface area (Å²) in [5.74, 6) is -0.485. The second-order valence-electron chi connectivity index (χ2n) is 4.19. The maximum absolute atomic E-state index is 11.4. The molecule has 3 atom stereocenters. The predicted octanol–water partition coefficient (Wildman–Crippen LogP) is 0.152. The minimum absolute atomic E-state index is 0.112. The second-order valence-corrected chi connectivity index (χ2v) is 4.19. The number of hydrogen-bond donors (Lipinski definition) is 1. The van der Waals surface area contributed by atoms with Crippen molar-refractivity contribution in [3.05, 3.63) is 11.6 Å². The molecule has 0 amide bonds. The monoisotopic (exact) mass is 196 g/mol. The predicted molar refractivity (Wildman–Crippen MR) is 46.5 cm³/mol. The van der Waals surface area contributed by atoms with Crippen LogP contribution in [0.5, 0.6) is 0 Å². The first kappa shape index (κ1) is 8.44. The van der Waals surface area contributed by atoms with Crippen molar-refractivity contribution in [3.8, 4) is 0 Å². The van der Waals surface area contributed by atoms with Crippen LogP contribution in [0, 0.1) is 0 Å². The van der Waals surface area contributed by atoms with E-state index in [4.69, 9.17) is 9.47 Å². The van der Waals surface area contributed by atoms with Gasteiger partial charge in [0.15, 0.2) is 5.60 Å². The number of aliphatic hydroxyl groups is 1. The van der Waals surface area contributed by atoms with Crippen molar-refractivity contribution in [2.75, 3.05) is 6.61 Å². The lowest BCUT2D eigenvalue weighted by Crippen LogP contribution is -2.44. The molecule has 1 saturated heterocycles. The Labute approximate surface area is 81.5 Å². The summed E-state index contributed by atoms with van der Waals surface area (Å²) in [5, 5.41) is 9.95. The first-order valence-corrected chi connectivity index (χ1v) is 4.94. The fraction of sp³-hybridized carbons (Fsp3) is 0.700. The zero-order valence-electron chi connectivity index (χ0n) is 7.73. The average molecular weight is 196 g/mol. The van der Waals surface area contributed by atoms with E-state index in [-0.39, 0.29) is 12.2 Å². The summed E-state index contributed by atoms with van der Waals surface area (Å²) in [7, 11) is 0. The second kappa shape index (κ2) is 2.58. The molecule has 76 valence electrons. The third-order valence-electron chi connectivity index (χ3n) is 3.24. The molecule has 2 fully saturated rings. The molecule has 1 saturated carbocycles. The van der Waals surface area contributed by atoms with Gasteiger partial charge in [0.05, 0.1) is 12.7 Å². The summed E-state index contributed by atoms with van der Waals surface area (Å²) >= 11 is 0.